The van der Waals surface area contributed by atoms with Gasteiger partial charge >= 0.3 is 0 Å². The van der Waals surface area contributed by atoms with Crippen LogP contribution in [0, 0.1) is 5.82 Å². The van der Waals surface area contributed by atoms with Crippen LogP contribution in [0.5, 0.6) is 0 Å². The number of anilines is 3. The maximum atomic E-state index is 14.1. The molecular formula is C13H21ClFN5. The molecule has 1 fully saturated rings. The van der Waals surface area contributed by atoms with Crippen molar-refractivity contribution in [1.29, 1.82) is 0 Å². The molecule has 1 saturated heterocycles. The minimum atomic E-state index is -0.587. The third-order valence-electron chi connectivity index (χ3n) is 3.76. The average Bonchev–Trinajstić information content (AvgIpc) is 2.40. The molecule has 0 bridgehead atoms. The average molecular weight is 302 g/mol. The van der Waals surface area contributed by atoms with Crippen molar-refractivity contribution in [1.82, 2.24) is 9.80 Å². The fourth-order valence-electron chi connectivity index (χ4n) is 2.39. The van der Waals surface area contributed by atoms with Gasteiger partial charge in [-0.15, -0.1) is 0 Å². The van der Waals surface area contributed by atoms with E-state index in [-0.39, 0.29) is 22.1 Å². The first-order valence-electron chi connectivity index (χ1n) is 6.55. The van der Waals surface area contributed by atoms with Gasteiger partial charge in [-0.3, -0.25) is 4.90 Å². The largest absolute Gasteiger partial charge is 0.397 e. The molecule has 1 aliphatic rings. The molecule has 1 unspecified atom stereocenters. The molecule has 0 spiro atoms. The summed E-state index contributed by atoms with van der Waals surface area (Å²) < 4.78 is 14.1. The maximum absolute atomic E-state index is 14.1. The van der Waals surface area contributed by atoms with Crippen molar-refractivity contribution in [3.63, 3.8) is 0 Å². The number of nitrogens with zero attached hydrogens (tertiary/aromatic N) is 2. The molecule has 5 nitrogen and oxygen atoms in total. The van der Waals surface area contributed by atoms with Crippen molar-refractivity contribution >= 4 is 28.7 Å². The van der Waals surface area contributed by atoms with Crippen LogP contribution in [0.4, 0.5) is 21.5 Å². The quantitative estimate of drug-likeness (QED) is 0.734. The van der Waals surface area contributed by atoms with Crippen LogP contribution in [0.25, 0.3) is 0 Å². The maximum Gasteiger partial charge on any atom is 0.169 e. The molecular weight excluding hydrogens is 281 g/mol. The highest BCUT2D eigenvalue weighted by Gasteiger charge is 2.23. The Bertz CT molecular complexity index is 496. The lowest BCUT2D eigenvalue weighted by Gasteiger charge is -2.38. The highest BCUT2D eigenvalue weighted by molar-refractivity contribution is 6.33. The van der Waals surface area contributed by atoms with Crippen LogP contribution in [0.3, 0.4) is 0 Å². The summed E-state index contributed by atoms with van der Waals surface area (Å²) in [6.07, 6.45) is 0. The molecule has 0 aromatic heterocycles. The predicted octanol–water partition coefficient (Wildman–Crippen LogP) is 1.30. The number of halogens is 2. The van der Waals surface area contributed by atoms with Crippen molar-refractivity contribution in [3.8, 4) is 0 Å². The Hall–Kier alpha value is -1.24. The van der Waals surface area contributed by atoms with Crippen LogP contribution >= 0.6 is 11.6 Å². The van der Waals surface area contributed by atoms with E-state index in [4.69, 9.17) is 23.1 Å². The van der Waals surface area contributed by atoms with E-state index in [1.54, 1.807) is 0 Å². The molecule has 2 rings (SSSR count). The predicted molar refractivity (Wildman–Crippen MR) is 82.6 cm³/mol. The second kappa shape index (κ2) is 6.03. The van der Waals surface area contributed by atoms with Crippen LogP contribution in [0.1, 0.15) is 0 Å². The molecule has 5 N–H and O–H groups in total. The molecule has 1 aliphatic heterocycles. The Labute approximate surface area is 123 Å². The summed E-state index contributed by atoms with van der Waals surface area (Å²) in [5.41, 5.74) is 12.0. The van der Waals surface area contributed by atoms with Crippen molar-refractivity contribution in [2.75, 3.05) is 57.1 Å². The Morgan fingerprint density at radius 2 is 2.05 bits per heavy atom. The van der Waals surface area contributed by atoms with Crippen LogP contribution in [-0.4, -0.2) is 56.1 Å². The molecule has 0 saturated carbocycles. The lowest BCUT2D eigenvalue weighted by atomic mass is 10.1. The summed E-state index contributed by atoms with van der Waals surface area (Å²) in [4.78, 5) is 4.50. The number of rotatable bonds is 3. The van der Waals surface area contributed by atoms with Crippen molar-refractivity contribution in [2.24, 2.45) is 0 Å². The van der Waals surface area contributed by atoms with Crippen molar-refractivity contribution in [2.45, 2.75) is 6.04 Å². The van der Waals surface area contributed by atoms with E-state index in [2.05, 4.69) is 29.2 Å². The second-order valence-corrected chi connectivity index (χ2v) is 5.71. The molecule has 0 amide bonds. The minimum absolute atomic E-state index is 0.0872. The van der Waals surface area contributed by atoms with Crippen molar-refractivity contribution < 1.29 is 4.39 Å². The topological polar surface area (TPSA) is 70.5 Å². The van der Waals surface area contributed by atoms with Gasteiger partial charge in [-0.05, 0) is 20.2 Å². The second-order valence-electron chi connectivity index (χ2n) is 5.34. The van der Waals surface area contributed by atoms with Gasteiger partial charge in [0.05, 0.1) is 17.1 Å². The monoisotopic (exact) mass is 301 g/mol. The van der Waals surface area contributed by atoms with E-state index in [0.29, 0.717) is 12.6 Å². The van der Waals surface area contributed by atoms with Gasteiger partial charge in [0.25, 0.3) is 0 Å². The standard InChI is InChI=1S/C13H21ClFN5/c1-19-3-4-20(2)8(7-19)6-18-13-10(17)5-9(16)11(14)12(13)15/h5,8,18H,3-4,6-7,16-17H2,1-2H3. The van der Waals surface area contributed by atoms with Gasteiger partial charge in [0.2, 0.25) is 0 Å². The lowest BCUT2D eigenvalue weighted by molar-refractivity contribution is 0.122. The van der Waals surface area contributed by atoms with E-state index in [1.165, 1.54) is 6.07 Å². The summed E-state index contributed by atoms with van der Waals surface area (Å²) in [5.74, 6) is -0.587. The van der Waals surface area contributed by atoms with Gasteiger partial charge in [0, 0.05) is 32.2 Å². The van der Waals surface area contributed by atoms with Crippen LogP contribution in [-0.2, 0) is 0 Å². The number of nitrogens with one attached hydrogen (secondary N) is 1. The third kappa shape index (κ3) is 3.08. The van der Waals surface area contributed by atoms with E-state index >= 15 is 0 Å². The Morgan fingerprint density at radius 3 is 2.75 bits per heavy atom. The highest BCUT2D eigenvalue weighted by Crippen LogP contribution is 2.33. The fraction of sp³-hybridized carbons (Fsp3) is 0.538. The number of likely N-dealkylation sites (N-methyl/N-ethyl adjacent to an activating group) is 2. The van der Waals surface area contributed by atoms with Gasteiger partial charge in [-0.25, -0.2) is 4.39 Å². The van der Waals surface area contributed by atoms with Crippen molar-refractivity contribution in [3.05, 3.63) is 16.9 Å². The number of nitrogens with two attached hydrogens (primary N) is 2. The van der Waals surface area contributed by atoms with Gasteiger partial charge < -0.3 is 21.7 Å². The lowest BCUT2D eigenvalue weighted by Crippen LogP contribution is -2.52. The zero-order chi connectivity index (χ0) is 14.9. The van der Waals surface area contributed by atoms with E-state index in [0.717, 1.165) is 19.6 Å². The Morgan fingerprint density at radius 1 is 1.35 bits per heavy atom. The van der Waals surface area contributed by atoms with Gasteiger partial charge in [0.1, 0.15) is 5.02 Å². The summed E-state index contributed by atoms with van der Waals surface area (Å²) >= 11 is 5.81. The molecule has 20 heavy (non-hydrogen) atoms. The number of benzene rings is 1. The van der Waals surface area contributed by atoms with Gasteiger partial charge in [-0.1, -0.05) is 11.6 Å². The zero-order valence-electron chi connectivity index (χ0n) is 11.8. The van der Waals surface area contributed by atoms with Crippen LogP contribution in [0.2, 0.25) is 5.02 Å². The Kier molecular flexibility index (Phi) is 4.57. The van der Waals surface area contributed by atoms with Crippen LogP contribution in [0.15, 0.2) is 6.07 Å². The normalized spacial score (nSPS) is 21.1. The fourth-order valence-corrected chi connectivity index (χ4v) is 2.54. The highest BCUT2D eigenvalue weighted by atomic mass is 35.5. The smallest absolute Gasteiger partial charge is 0.169 e. The number of piperazine rings is 1. The molecule has 1 aromatic carbocycles. The Balaban J connectivity index is 2.09. The van der Waals surface area contributed by atoms with Crippen LogP contribution < -0.4 is 16.8 Å². The summed E-state index contributed by atoms with van der Waals surface area (Å²) in [6.45, 7) is 3.55. The molecule has 1 atom stereocenters. The summed E-state index contributed by atoms with van der Waals surface area (Å²) in [7, 11) is 4.14. The first kappa shape index (κ1) is 15.2. The summed E-state index contributed by atoms with van der Waals surface area (Å²) in [5, 5.41) is 2.97. The number of nitrogen functional groups attached to an aromatic ring is 2. The van der Waals surface area contributed by atoms with E-state index in [9.17, 15) is 4.39 Å². The summed E-state index contributed by atoms with van der Waals surface area (Å²) in [6, 6.07) is 1.77. The zero-order valence-corrected chi connectivity index (χ0v) is 12.5. The number of hydrogen-bond acceptors (Lipinski definition) is 5. The molecule has 1 heterocycles. The molecule has 1 aromatic rings. The van der Waals surface area contributed by atoms with E-state index in [1.807, 2.05) is 0 Å². The molecule has 112 valence electrons. The van der Waals surface area contributed by atoms with Gasteiger partial charge in [0.15, 0.2) is 5.82 Å². The molecule has 0 aliphatic carbocycles. The first-order chi connectivity index (χ1) is 9.40. The SMILES string of the molecule is CN1CCN(C)C(CNc2c(N)cc(N)c(Cl)c2F)C1. The molecule has 7 heteroatoms. The van der Waals surface area contributed by atoms with Gasteiger partial charge in [-0.2, -0.15) is 0 Å². The first-order valence-corrected chi connectivity index (χ1v) is 6.93. The molecule has 0 radical (unpaired) electrons. The third-order valence-corrected chi connectivity index (χ3v) is 4.14. The minimum Gasteiger partial charge on any atom is -0.397 e. The number of hydrogen-bond donors (Lipinski definition) is 3. The van der Waals surface area contributed by atoms with E-state index < -0.39 is 5.82 Å².